The lowest BCUT2D eigenvalue weighted by molar-refractivity contribution is -0.147. The molecule has 0 bridgehead atoms. The van der Waals surface area contributed by atoms with Crippen LogP contribution in [0.4, 0.5) is 0 Å². The van der Waals surface area contributed by atoms with Crippen LogP contribution in [0.15, 0.2) is 29.2 Å². The van der Waals surface area contributed by atoms with Crippen LogP contribution < -0.4 is 4.72 Å². The molecule has 2 amide bonds. The maximum Gasteiger partial charge on any atom is 0.247 e. The zero-order chi connectivity index (χ0) is 14.9. The molecule has 0 saturated carbocycles. The smallest absolute Gasteiger partial charge is 0.247 e. The van der Waals surface area contributed by atoms with Gasteiger partial charge in [-0.15, -0.1) is 0 Å². The van der Waals surface area contributed by atoms with Crippen molar-refractivity contribution in [1.82, 2.24) is 9.62 Å². The Bertz CT molecular complexity index is 656. The summed E-state index contributed by atoms with van der Waals surface area (Å²) >= 11 is 0. The fraction of sp³-hybridized carbons (Fsp3) is 0.333. The van der Waals surface area contributed by atoms with Crippen molar-refractivity contribution < 1.29 is 23.1 Å². The van der Waals surface area contributed by atoms with E-state index in [9.17, 15) is 23.1 Å². The van der Waals surface area contributed by atoms with Gasteiger partial charge >= 0.3 is 0 Å². The van der Waals surface area contributed by atoms with Gasteiger partial charge in [-0.2, -0.15) is 4.72 Å². The number of carbonyl (C=O) groups excluding carboxylic acids is 2. The topological polar surface area (TPSA) is 104 Å². The normalized spacial score (nSPS) is 20.2. The van der Waals surface area contributed by atoms with Crippen LogP contribution in [-0.2, 0) is 19.6 Å². The first-order chi connectivity index (χ1) is 9.33. The first-order valence-corrected chi connectivity index (χ1v) is 7.42. The van der Waals surface area contributed by atoms with Gasteiger partial charge in [0.25, 0.3) is 0 Å². The molecule has 8 heteroatoms. The van der Waals surface area contributed by atoms with Crippen molar-refractivity contribution in [3.05, 3.63) is 24.3 Å². The number of phenolic OH excluding ortho intramolecular Hbond substituents is 1. The Morgan fingerprint density at radius 2 is 1.95 bits per heavy atom. The summed E-state index contributed by atoms with van der Waals surface area (Å²) in [6.07, 6.45) is 0.199. The molecule has 2 N–H and O–H groups in total. The number of aromatic hydroxyl groups is 1. The molecule has 1 unspecified atom stereocenters. The molecule has 1 atom stereocenters. The molecule has 0 spiro atoms. The second kappa shape index (κ2) is 5.22. The number of carbonyl (C=O) groups is 2. The molecular formula is C12H14N2O5S. The minimum atomic E-state index is -4.02. The Kier molecular flexibility index (Phi) is 3.78. The number of imide groups is 1. The van der Waals surface area contributed by atoms with Crippen molar-refractivity contribution in [2.24, 2.45) is 0 Å². The molecule has 1 heterocycles. The number of amides is 2. The zero-order valence-electron chi connectivity index (χ0n) is 10.7. The monoisotopic (exact) mass is 298 g/mol. The van der Waals surface area contributed by atoms with E-state index in [-0.39, 0.29) is 23.6 Å². The maximum absolute atomic E-state index is 12.1. The van der Waals surface area contributed by atoms with Crippen LogP contribution in [0.1, 0.15) is 12.8 Å². The lowest BCUT2D eigenvalue weighted by Gasteiger charge is -2.28. The highest BCUT2D eigenvalue weighted by Crippen LogP contribution is 2.22. The van der Waals surface area contributed by atoms with Gasteiger partial charge in [0, 0.05) is 13.5 Å². The van der Waals surface area contributed by atoms with E-state index >= 15 is 0 Å². The Morgan fingerprint density at radius 1 is 1.30 bits per heavy atom. The second-order valence-corrected chi connectivity index (χ2v) is 6.15. The van der Waals surface area contributed by atoms with E-state index in [0.29, 0.717) is 0 Å². The number of likely N-dealkylation sites (N-methyl/N-ethyl adjacent to an activating group) is 1. The van der Waals surface area contributed by atoms with Crippen LogP contribution in [0.2, 0.25) is 0 Å². The number of sulfonamides is 1. The van der Waals surface area contributed by atoms with Crippen LogP contribution in [0.5, 0.6) is 5.75 Å². The number of hydrogen-bond acceptors (Lipinski definition) is 5. The SMILES string of the molecule is CN1C(=O)CCC(NS(=O)(=O)c2ccccc2O)C1=O. The first-order valence-electron chi connectivity index (χ1n) is 5.93. The summed E-state index contributed by atoms with van der Waals surface area (Å²) in [7, 11) is -2.71. The van der Waals surface area contributed by atoms with Gasteiger partial charge in [0.15, 0.2) is 0 Å². The highest BCUT2D eigenvalue weighted by Gasteiger charge is 2.35. The molecule has 20 heavy (non-hydrogen) atoms. The van der Waals surface area contributed by atoms with Gasteiger partial charge in [0.05, 0.1) is 0 Å². The average Bonchev–Trinajstić information content (AvgIpc) is 2.40. The maximum atomic E-state index is 12.1. The van der Waals surface area contributed by atoms with Gasteiger partial charge in [0.2, 0.25) is 21.8 Å². The van der Waals surface area contributed by atoms with Gasteiger partial charge in [-0.05, 0) is 18.6 Å². The minimum Gasteiger partial charge on any atom is -0.507 e. The molecule has 1 aromatic rings. The summed E-state index contributed by atoms with van der Waals surface area (Å²) in [5.41, 5.74) is 0. The summed E-state index contributed by atoms with van der Waals surface area (Å²) < 4.78 is 26.5. The van der Waals surface area contributed by atoms with E-state index in [4.69, 9.17) is 0 Å². The van der Waals surface area contributed by atoms with Crippen molar-refractivity contribution in [2.45, 2.75) is 23.8 Å². The standard InChI is InChI=1S/C12H14N2O5S/c1-14-11(16)7-6-8(12(14)17)13-20(18,19)10-5-3-2-4-9(10)15/h2-5,8,13,15H,6-7H2,1H3. The summed E-state index contributed by atoms with van der Waals surface area (Å²) in [6.45, 7) is 0. The largest absolute Gasteiger partial charge is 0.507 e. The average molecular weight is 298 g/mol. The summed E-state index contributed by atoms with van der Waals surface area (Å²) in [6, 6.07) is 4.44. The number of phenols is 1. The molecule has 108 valence electrons. The highest BCUT2D eigenvalue weighted by molar-refractivity contribution is 7.89. The quantitative estimate of drug-likeness (QED) is 0.753. The number of rotatable bonds is 3. The molecule has 0 radical (unpaired) electrons. The predicted octanol–water partition coefficient (Wildman–Crippen LogP) is -0.182. The lowest BCUT2D eigenvalue weighted by Crippen LogP contribution is -2.52. The van der Waals surface area contributed by atoms with Gasteiger partial charge in [-0.3, -0.25) is 14.5 Å². The van der Waals surface area contributed by atoms with Crippen molar-refractivity contribution in [1.29, 1.82) is 0 Å². The Labute approximate surface area is 116 Å². The molecule has 1 saturated heterocycles. The summed E-state index contributed by atoms with van der Waals surface area (Å²) in [5, 5.41) is 9.57. The molecule has 7 nitrogen and oxygen atoms in total. The fourth-order valence-electron chi connectivity index (χ4n) is 1.96. The Balaban J connectivity index is 2.24. The van der Waals surface area contributed by atoms with Gasteiger partial charge in [-0.1, -0.05) is 12.1 Å². The molecule has 1 aliphatic heterocycles. The fourth-order valence-corrected chi connectivity index (χ4v) is 3.28. The third-order valence-corrected chi connectivity index (χ3v) is 4.62. The summed E-state index contributed by atoms with van der Waals surface area (Å²) in [4.78, 5) is 23.8. The highest BCUT2D eigenvalue weighted by atomic mass is 32.2. The van der Waals surface area contributed by atoms with Crippen LogP contribution in [-0.4, -0.2) is 43.3 Å². The third-order valence-electron chi connectivity index (χ3n) is 3.10. The third kappa shape index (κ3) is 2.66. The number of likely N-dealkylation sites (tertiary alicyclic amines) is 1. The van der Waals surface area contributed by atoms with E-state index in [1.54, 1.807) is 0 Å². The number of nitrogens with one attached hydrogen (secondary N) is 1. The van der Waals surface area contributed by atoms with E-state index < -0.39 is 27.7 Å². The van der Waals surface area contributed by atoms with Crippen LogP contribution in [0, 0.1) is 0 Å². The molecule has 1 aliphatic rings. The van der Waals surface area contributed by atoms with Gasteiger partial charge in [0.1, 0.15) is 16.7 Å². The van der Waals surface area contributed by atoms with Gasteiger partial charge < -0.3 is 5.11 Å². The Hall–Kier alpha value is -1.93. The molecule has 2 rings (SSSR count). The minimum absolute atomic E-state index is 0.0935. The van der Waals surface area contributed by atoms with Crippen LogP contribution in [0.3, 0.4) is 0 Å². The van der Waals surface area contributed by atoms with Crippen molar-refractivity contribution in [2.75, 3.05) is 7.05 Å². The van der Waals surface area contributed by atoms with E-state index in [1.807, 2.05) is 0 Å². The number of nitrogens with zero attached hydrogens (tertiary/aromatic N) is 1. The number of hydrogen-bond donors (Lipinski definition) is 2. The molecular weight excluding hydrogens is 284 g/mol. The van der Waals surface area contributed by atoms with E-state index in [0.717, 1.165) is 4.90 Å². The number of piperidine rings is 1. The number of para-hydroxylation sites is 1. The van der Waals surface area contributed by atoms with Crippen LogP contribution in [0.25, 0.3) is 0 Å². The van der Waals surface area contributed by atoms with Crippen LogP contribution >= 0.6 is 0 Å². The Morgan fingerprint density at radius 3 is 2.60 bits per heavy atom. The molecule has 0 aromatic heterocycles. The van der Waals surface area contributed by atoms with Crippen molar-refractivity contribution in [3.63, 3.8) is 0 Å². The molecule has 0 aliphatic carbocycles. The zero-order valence-corrected chi connectivity index (χ0v) is 11.6. The number of benzene rings is 1. The first kappa shape index (κ1) is 14.5. The predicted molar refractivity (Wildman–Crippen MR) is 69.2 cm³/mol. The molecule has 1 fully saturated rings. The summed E-state index contributed by atoms with van der Waals surface area (Å²) in [5.74, 6) is -1.33. The lowest BCUT2D eigenvalue weighted by atomic mass is 10.1. The van der Waals surface area contributed by atoms with Crippen molar-refractivity contribution >= 4 is 21.8 Å². The van der Waals surface area contributed by atoms with E-state index in [2.05, 4.69) is 4.72 Å². The van der Waals surface area contributed by atoms with Crippen molar-refractivity contribution in [3.8, 4) is 5.75 Å². The molecule has 1 aromatic carbocycles. The van der Waals surface area contributed by atoms with E-state index in [1.165, 1.54) is 31.3 Å². The van der Waals surface area contributed by atoms with Gasteiger partial charge in [-0.25, -0.2) is 8.42 Å². The second-order valence-electron chi connectivity index (χ2n) is 4.47.